The molecule has 0 spiro atoms. The van der Waals surface area contributed by atoms with Crippen LogP contribution in [0.2, 0.25) is 0 Å². The number of anilines is 2. The molecule has 1 aliphatic rings. The van der Waals surface area contributed by atoms with Crippen molar-refractivity contribution >= 4 is 17.4 Å². The summed E-state index contributed by atoms with van der Waals surface area (Å²) in [6.45, 7) is 6.86. The number of hydrogen-bond acceptors (Lipinski definition) is 7. The third-order valence-corrected chi connectivity index (χ3v) is 6.83. The van der Waals surface area contributed by atoms with Crippen LogP contribution in [0.4, 0.5) is 11.5 Å². The lowest BCUT2D eigenvalue weighted by atomic mass is 10.1. The van der Waals surface area contributed by atoms with Crippen molar-refractivity contribution in [3.05, 3.63) is 107 Å². The van der Waals surface area contributed by atoms with Gasteiger partial charge in [0, 0.05) is 49.5 Å². The van der Waals surface area contributed by atoms with E-state index < -0.39 is 0 Å². The molecule has 1 saturated heterocycles. The smallest absolute Gasteiger partial charge is 0.276 e. The van der Waals surface area contributed by atoms with Crippen LogP contribution in [-0.2, 0) is 6.54 Å². The Kier molecular flexibility index (Phi) is 9.09. The van der Waals surface area contributed by atoms with E-state index in [0.29, 0.717) is 12.3 Å². The van der Waals surface area contributed by atoms with Gasteiger partial charge in [-0.25, -0.2) is 0 Å². The number of amides is 1. The van der Waals surface area contributed by atoms with Crippen molar-refractivity contribution in [1.29, 1.82) is 0 Å². The lowest BCUT2D eigenvalue weighted by Gasteiger charge is -2.35. The van der Waals surface area contributed by atoms with E-state index in [1.807, 2.05) is 43.3 Å². The number of ether oxygens (including phenoxy) is 2. The van der Waals surface area contributed by atoms with E-state index in [1.54, 1.807) is 37.4 Å². The van der Waals surface area contributed by atoms with E-state index in [1.165, 1.54) is 5.56 Å². The van der Waals surface area contributed by atoms with Gasteiger partial charge in [0.2, 0.25) is 0 Å². The minimum Gasteiger partial charge on any atom is -0.497 e. The summed E-state index contributed by atoms with van der Waals surface area (Å²) in [5.41, 5.74) is 4.11. The first-order valence-corrected chi connectivity index (χ1v) is 13.7. The van der Waals surface area contributed by atoms with Crippen molar-refractivity contribution in [2.45, 2.75) is 13.5 Å². The predicted octanol–water partition coefficient (Wildman–Crippen LogP) is 4.86. The molecule has 8 nitrogen and oxygen atoms in total. The number of benzene rings is 3. The Labute approximate surface area is 240 Å². The molecule has 0 aliphatic carbocycles. The van der Waals surface area contributed by atoms with E-state index >= 15 is 0 Å². The molecular weight excluding hydrogens is 514 g/mol. The molecule has 208 valence electrons. The zero-order chi connectivity index (χ0) is 28.4. The van der Waals surface area contributed by atoms with Gasteiger partial charge < -0.3 is 19.7 Å². The summed E-state index contributed by atoms with van der Waals surface area (Å²) in [7, 11) is 1.60. The highest BCUT2D eigenvalue weighted by Gasteiger charge is 2.20. The zero-order valence-corrected chi connectivity index (χ0v) is 23.3. The molecule has 1 aromatic heterocycles. The largest absolute Gasteiger partial charge is 0.497 e. The second-order valence-electron chi connectivity index (χ2n) is 9.59. The molecule has 41 heavy (non-hydrogen) atoms. The Morgan fingerprint density at radius 2 is 1.68 bits per heavy atom. The van der Waals surface area contributed by atoms with Gasteiger partial charge in [-0.15, -0.1) is 10.2 Å². The number of nitrogens with zero attached hydrogens (tertiary/aromatic N) is 4. The summed E-state index contributed by atoms with van der Waals surface area (Å²) in [6.07, 6.45) is 0. The fraction of sp³-hybridized carbons (Fsp3) is 0.242. The molecule has 1 N–H and O–H groups in total. The molecule has 0 saturated carbocycles. The topological polar surface area (TPSA) is 79.8 Å². The highest BCUT2D eigenvalue weighted by molar-refractivity contribution is 6.02. The second-order valence-corrected chi connectivity index (χ2v) is 9.59. The van der Waals surface area contributed by atoms with E-state index in [-0.39, 0.29) is 11.6 Å². The molecule has 1 fully saturated rings. The van der Waals surface area contributed by atoms with E-state index in [0.717, 1.165) is 61.2 Å². The average molecular weight is 548 g/mol. The van der Waals surface area contributed by atoms with Crippen molar-refractivity contribution in [2.24, 2.45) is 0 Å². The maximum absolute atomic E-state index is 12.6. The van der Waals surface area contributed by atoms with Gasteiger partial charge in [-0.1, -0.05) is 36.1 Å². The molecule has 0 unspecified atom stereocenters. The molecule has 0 bridgehead atoms. The van der Waals surface area contributed by atoms with Crippen LogP contribution in [0.3, 0.4) is 0 Å². The van der Waals surface area contributed by atoms with E-state index in [2.05, 4.69) is 55.4 Å². The Hall–Kier alpha value is -4.87. The maximum atomic E-state index is 12.6. The van der Waals surface area contributed by atoms with Crippen molar-refractivity contribution in [1.82, 2.24) is 15.1 Å². The van der Waals surface area contributed by atoms with Gasteiger partial charge in [0.25, 0.3) is 5.91 Å². The Balaban J connectivity index is 1.15. The number of carbonyl (C=O) groups excluding carboxylic acids is 1. The summed E-state index contributed by atoms with van der Waals surface area (Å²) >= 11 is 0. The first-order chi connectivity index (χ1) is 20.1. The van der Waals surface area contributed by atoms with Gasteiger partial charge >= 0.3 is 0 Å². The predicted molar refractivity (Wildman–Crippen MR) is 161 cm³/mol. The molecule has 0 atom stereocenters. The van der Waals surface area contributed by atoms with Crippen LogP contribution in [0.25, 0.3) is 0 Å². The number of rotatable bonds is 8. The van der Waals surface area contributed by atoms with Gasteiger partial charge in [0.05, 0.1) is 13.7 Å². The molecular formula is C33H33N5O3. The lowest BCUT2D eigenvalue weighted by Crippen LogP contribution is -2.46. The molecule has 1 aliphatic heterocycles. The van der Waals surface area contributed by atoms with Crippen molar-refractivity contribution in [3.8, 4) is 23.3 Å². The van der Waals surface area contributed by atoms with E-state index in [4.69, 9.17) is 9.47 Å². The minimum atomic E-state index is -0.303. The molecule has 5 rings (SSSR count). The van der Waals surface area contributed by atoms with Gasteiger partial charge in [0.15, 0.2) is 11.5 Å². The SMILES string of the molecule is CCOc1cccc(C#Cc2ccccc2CN2CCN(c3ccc(C(=O)Nc4ccc(OC)cc4)nn3)CC2)c1. The third kappa shape index (κ3) is 7.41. The quantitative estimate of drug-likeness (QED) is 0.316. The Bertz CT molecular complexity index is 1520. The summed E-state index contributed by atoms with van der Waals surface area (Å²) in [6, 6.07) is 26.9. The first-order valence-electron chi connectivity index (χ1n) is 13.7. The highest BCUT2D eigenvalue weighted by Crippen LogP contribution is 2.19. The Morgan fingerprint density at radius 3 is 2.41 bits per heavy atom. The summed E-state index contributed by atoms with van der Waals surface area (Å²) in [5, 5.41) is 11.3. The first kappa shape index (κ1) is 27.7. The van der Waals surface area contributed by atoms with Gasteiger partial charge in [-0.2, -0.15) is 0 Å². The van der Waals surface area contributed by atoms with Crippen LogP contribution in [0.5, 0.6) is 11.5 Å². The lowest BCUT2D eigenvalue weighted by molar-refractivity contribution is 0.102. The highest BCUT2D eigenvalue weighted by atomic mass is 16.5. The Morgan fingerprint density at radius 1 is 0.878 bits per heavy atom. The van der Waals surface area contributed by atoms with Crippen molar-refractivity contribution in [3.63, 3.8) is 0 Å². The summed E-state index contributed by atoms with van der Waals surface area (Å²) in [4.78, 5) is 17.2. The monoisotopic (exact) mass is 547 g/mol. The van der Waals surface area contributed by atoms with Crippen LogP contribution in [0, 0.1) is 11.8 Å². The fourth-order valence-corrected chi connectivity index (χ4v) is 4.61. The van der Waals surface area contributed by atoms with Gasteiger partial charge in [0.1, 0.15) is 11.5 Å². The van der Waals surface area contributed by atoms with E-state index in [9.17, 15) is 4.79 Å². The van der Waals surface area contributed by atoms with Gasteiger partial charge in [-0.05, 0) is 73.2 Å². The van der Waals surface area contributed by atoms with Crippen LogP contribution in [-0.4, -0.2) is 60.9 Å². The van der Waals surface area contributed by atoms with Crippen LogP contribution >= 0.6 is 0 Å². The van der Waals surface area contributed by atoms with Crippen LogP contribution < -0.4 is 19.7 Å². The molecule has 4 aromatic rings. The number of hydrogen-bond donors (Lipinski definition) is 1. The summed E-state index contributed by atoms with van der Waals surface area (Å²) < 4.78 is 10.8. The maximum Gasteiger partial charge on any atom is 0.276 e. The fourth-order valence-electron chi connectivity index (χ4n) is 4.61. The average Bonchev–Trinajstić information content (AvgIpc) is 3.02. The molecule has 1 amide bonds. The number of nitrogens with one attached hydrogen (secondary N) is 1. The molecule has 8 heteroatoms. The minimum absolute atomic E-state index is 0.269. The molecule has 0 radical (unpaired) electrons. The second kappa shape index (κ2) is 13.5. The third-order valence-electron chi connectivity index (χ3n) is 6.83. The number of methoxy groups -OCH3 is 1. The normalized spacial score (nSPS) is 13.2. The standard InChI is InChI=1S/C33H33N5O3/c1-3-41-30-10-6-7-25(23-30)11-12-26-8-4-5-9-27(26)24-37-19-21-38(22-20-37)32-18-17-31(35-36-32)33(39)34-28-13-15-29(40-2)16-14-28/h4-10,13-18,23H,3,19-22,24H2,1-2H3,(H,34,39). The number of piperazine rings is 1. The van der Waals surface area contributed by atoms with Crippen molar-refractivity contribution < 1.29 is 14.3 Å². The van der Waals surface area contributed by atoms with Crippen LogP contribution in [0.15, 0.2) is 84.9 Å². The number of carbonyl (C=O) groups is 1. The molecule has 2 heterocycles. The molecule has 3 aromatic carbocycles. The van der Waals surface area contributed by atoms with Crippen LogP contribution in [0.1, 0.15) is 34.1 Å². The zero-order valence-electron chi connectivity index (χ0n) is 23.3. The van der Waals surface area contributed by atoms with Gasteiger partial charge in [-0.3, -0.25) is 9.69 Å². The van der Waals surface area contributed by atoms with Crippen molar-refractivity contribution in [2.75, 3.05) is 50.1 Å². The number of aromatic nitrogens is 2. The summed E-state index contributed by atoms with van der Waals surface area (Å²) in [5.74, 6) is 8.68.